The molecule has 4 heteroatoms. The van der Waals surface area contributed by atoms with Gasteiger partial charge in [0.15, 0.2) is 0 Å². The third kappa shape index (κ3) is 2.37. The second kappa shape index (κ2) is 4.80. The van der Waals surface area contributed by atoms with Crippen LogP contribution in [-0.4, -0.2) is 15.6 Å². The van der Waals surface area contributed by atoms with Gasteiger partial charge in [-0.25, -0.2) is 4.98 Å². The number of imidazole rings is 1. The van der Waals surface area contributed by atoms with E-state index < -0.39 is 0 Å². The Labute approximate surface area is 118 Å². The third-order valence-electron chi connectivity index (χ3n) is 3.92. The van der Waals surface area contributed by atoms with Crippen molar-refractivity contribution in [2.45, 2.75) is 45.2 Å². The molecule has 0 bridgehead atoms. The van der Waals surface area contributed by atoms with E-state index >= 15 is 0 Å². The SMILES string of the molecule is CC(C)C(N)Cc1nc2cccc(Cl)c2n1C1CC1. The number of benzene rings is 1. The highest BCUT2D eigenvalue weighted by atomic mass is 35.5. The molecule has 1 aliphatic rings. The molecule has 1 saturated carbocycles. The smallest absolute Gasteiger partial charge is 0.111 e. The molecule has 0 aliphatic heterocycles. The van der Waals surface area contributed by atoms with Crippen LogP contribution in [0.2, 0.25) is 5.02 Å². The summed E-state index contributed by atoms with van der Waals surface area (Å²) in [6.45, 7) is 4.31. The van der Waals surface area contributed by atoms with E-state index in [1.807, 2.05) is 18.2 Å². The van der Waals surface area contributed by atoms with Crippen LogP contribution in [0.15, 0.2) is 18.2 Å². The molecule has 19 heavy (non-hydrogen) atoms. The van der Waals surface area contributed by atoms with Gasteiger partial charge in [-0.2, -0.15) is 0 Å². The van der Waals surface area contributed by atoms with Gasteiger partial charge in [0.05, 0.1) is 16.1 Å². The van der Waals surface area contributed by atoms with Crippen LogP contribution in [0.5, 0.6) is 0 Å². The molecule has 0 amide bonds. The van der Waals surface area contributed by atoms with Crippen molar-refractivity contribution < 1.29 is 0 Å². The zero-order valence-electron chi connectivity index (χ0n) is 11.4. The Balaban J connectivity index is 2.08. The molecular formula is C15H20ClN3. The Bertz CT molecular complexity index is 599. The number of para-hydroxylation sites is 1. The maximum absolute atomic E-state index is 6.35. The summed E-state index contributed by atoms with van der Waals surface area (Å²) in [5.74, 6) is 1.55. The van der Waals surface area contributed by atoms with E-state index in [1.54, 1.807) is 0 Å². The van der Waals surface area contributed by atoms with Crippen molar-refractivity contribution in [2.24, 2.45) is 11.7 Å². The van der Waals surface area contributed by atoms with Crippen molar-refractivity contribution in [3.05, 3.63) is 29.0 Å². The minimum atomic E-state index is 0.146. The number of aromatic nitrogens is 2. The molecule has 102 valence electrons. The van der Waals surface area contributed by atoms with Gasteiger partial charge in [-0.3, -0.25) is 0 Å². The van der Waals surface area contributed by atoms with Crippen LogP contribution in [0.3, 0.4) is 0 Å². The Morgan fingerprint density at radius 1 is 1.42 bits per heavy atom. The minimum absolute atomic E-state index is 0.146. The molecule has 3 nitrogen and oxygen atoms in total. The van der Waals surface area contributed by atoms with Crippen LogP contribution in [0.1, 0.15) is 38.6 Å². The largest absolute Gasteiger partial charge is 0.327 e. The molecule has 0 spiro atoms. The molecule has 1 heterocycles. The number of hydrogen-bond donors (Lipinski definition) is 1. The van der Waals surface area contributed by atoms with Crippen molar-refractivity contribution in [1.82, 2.24) is 9.55 Å². The van der Waals surface area contributed by atoms with Gasteiger partial charge in [0, 0.05) is 18.5 Å². The summed E-state index contributed by atoms with van der Waals surface area (Å²) >= 11 is 6.35. The zero-order valence-corrected chi connectivity index (χ0v) is 12.2. The van der Waals surface area contributed by atoms with Crippen molar-refractivity contribution in [3.63, 3.8) is 0 Å². The fourth-order valence-electron chi connectivity index (χ4n) is 2.47. The van der Waals surface area contributed by atoms with E-state index in [1.165, 1.54) is 12.8 Å². The molecule has 1 unspecified atom stereocenters. The zero-order chi connectivity index (χ0) is 13.6. The Hall–Kier alpha value is -1.06. The average Bonchev–Trinajstić information content (AvgIpc) is 3.12. The summed E-state index contributed by atoms with van der Waals surface area (Å²) in [4.78, 5) is 4.76. The summed E-state index contributed by atoms with van der Waals surface area (Å²) in [5.41, 5.74) is 8.28. The standard InChI is InChI=1S/C15H20ClN3/c1-9(2)12(17)8-14-18-13-5-3-4-11(16)15(13)19(14)10-6-7-10/h3-5,9-10,12H,6-8,17H2,1-2H3. The van der Waals surface area contributed by atoms with Crippen molar-refractivity contribution in [2.75, 3.05) is 0 Å². The van der Waals surface area contributed by atoms with Crippen molar-refractivity contribution >= 4 is 22.6 Å². The van der Waals surface area contributed by atoms with Gasteiger partial charge in [0.25, 0.3) is 0 Å². The molecule has 1 aromatic heterocycles. The maximum atomic E-state index is 6.35. The first-order valence-electron chi connectivity index (χ1n) is 6.99. The van der Waals surface area contributed by atoms with Crippen molar-refractivity contribution in [1.29, 1.82) is 0 Å². The molecule has 2 N–H and O–H groups in total. The molecule has 3 rings (SSSR count). The molecule has 1 aromatic carbocycles. The predicted octanol–water partition coefficient (Wildman–Crippen LogP) is 3.55. The monoisotopic (exact) mass is 277 g/mol. The van der Waals surface area contributed by atoms with Crippen LogP contribution in [0.4, 0.5) is 0 Å². The lowest BCUT2D eigenvalue weighted by Crippen LogP contribution is -2.30. The first-order valence-corrected chi connectivity index (χ1v) is 7.36. The van der Waals surface area contributed by atoms with Crippen LogP contribution in [0, 0.1) is 5.92 Å². The number of fused-ring (bicyclic) bond motifs is 1. The number of rotatable bonds is 4. The van der Waals surface area contributed by atoms with E-state index in [4.69, 9.17) is 22.3 Å². The second-order valence-corrected chi connectivity index (χ2v) is 6.26. The summed E-state index contributed by atoms with van der Waals surface area (Å²) < 4.78 is 2.32. The summed E-state index contributed by atoms with van der Waals surface area (Å²) in [6.07, 6.45) is 3.26. The van der Waals surface area contributed by atoms with Gasteiger partial charge in [-0.1, -0.05) is 31.5 Å². The Morgan fingerprint density at radius 3 is 2.79 bits per heavy atom. The van der Waals surface area contributed by atoms with Gasteiger partial charge < -0.3 is 10.3 Å². The van der Waals surface area contributed by atoms with E-state index in [2.05, 4.69) is 18.4 Å². The highest BCUT2D eigenvalue weighted by Crippen LogP contribution is 2.40. The van der Waals surface area contributed by atoms with Crippen LogP contribution < -0.4 is 5.73 Å². The Morgan fingerprint density at radius 2 is 2.16 bits per heavy atom. The number of hydrogen-bond acceptors (Lipinski definition) is 2. The van der Waals surface area contributed by atoms with Crippen LogP contribution in [-0.2, 0) is 6.42 Å². The van der Waals surface area contributed by atoms with E-state index in [-0.39, 0.29) is 6.04 Å². The average molecular weight is 278 g/mol. The number of nitrogens with zero attached hydrogens (tertiary/aromatic N) is 2. The topological polar surface area (TPSA) is 43.8 Å². The molecule has 0 radical (unpaired) electrons. The predicted molar refractivity (Wildman–Crippen MR) is 79.5 cm³/mol. The Kier molecular flexibility index (Phi) is 3.27. The minimum Gasteiger partial charge on any atom is -0.327 e. The fourth-order valence-corrected chi connectivity index (χ4v) is 2.73. The highest BCUT2D eigenvalue weighted by molar-refractivity contribution is 6.35. The summed E-state index contributed by atoms with van der Waals surface area (Å²) in [6, 6.07) is 6.65. The molecular weight excluding hydrogens is 258 g/mol. The lowest BCUT2D eigenvalue weighted by molar-refractivity contribution is 0.473. The molecule has 2 aromatic rings. The molecule has 1 fully saturated rings. The van der Waals surface area contributed by atoms with Gasteiger partial charge in [0.1, 0.15) is 5.82 Å². The lowest BCUT2D eigenvalue weighted by Gasteiger charge is -2.16. The maximum Gasteiger partial charge on any atom is 0.111 e. The summed E-state index contributed by atoms with van der Waals surface area (Å²) in [5, 5.41) is 0.793. The highest BCUT2D eigenvalue weighted by Gasteiger charge is 2.29. The number of nitrogens with two attached hydrogens (primary N) is 1. The van der Waals surface area contributed by atoms with E-state index in [9.17, 15) is 0 Å². The van der Waals surface area contributed by atoms with Crippen LogP contribution in [0.25, 0.3) is 11.0 Å². The lowest BCUT2D eigenvalue weighted by atomic mass is 10.0. The van der Waals surface area contributed by atoms with Gasteiger partial charge >= 0.3 is 0 Å². The molecule has 1 atom stereocenters. The molecule has 1 aliphatic carbocycles. The van der Waals surface area contributed by atoms with Crippen molar-refractivity contribution in [3.8, 4) is 0 Å². The first-order chi connectivity index (χ1) is 9.08. The second-order valence-electron chi connectivity index (χ2n) is 5.85. The van der Waals surface area contributed by atoms with Gasteiger partial charge in [-0.15, -0.1) is 0 Å². The quantitative estimate of drug-likeness (QED) is 0.929. The fraction of sp³-hybridized carbons (Fsp3) is 0.533. The summed E-state index contributed by atoms with van der Waals surface area (Å²) in [7, 11) is 0. The molecule has 0 saturated heterocycles. The van der Waals surface area contributed by atoms with Crippen LogP contribution >= 0.6 is 11.6 Å². The normalized spacial score (nSPS) is 17.3. The van der Waals surface area contributed by atoms with Gasteiger partial charge in [-0.05, 0) is 30.9 Å². The number of halogens is 1. The first kappa shape index (κ1) is 12.9. The van der Waals surface area contributed by atoms with E-state index in [0.717, 1.165) is 28.3 Å². The van der Waals surface area contributed by atoms with Gasteiger partial charge in [0.2, 0.25) is 0 Å². The van der Waals surface area contributed by atoms with E-state index in [0.29, 0.717) is 12.0 Å². The third-order valence-corrected chi connectivity index (χ3v) is 4.23.